The van der Waals surface area contributed by atoms with Gasteiger partial charge in [0.2, 0.25) is 0 Å². The molecule has 0 saturated carbocycles. The zero-order valence-corrected chi connectivity index (χ0v) is 10.7. The molecule has 0 amide bonds. The maximum Gasteiger partial charge on any atom is 0.149 e. The number of thiophene rings is 1. The summed E-state index contributed by atoms with van der Waals surface area (Å²) in [7, 11) is 0. The quantitative estimate of drug-likeness (QED) is 0.833. The third kappa shape index (κ3) is 1.67. The standard InChI is InChI=1S/C11H13BrFNS/c12-9-3-4-15-10(9)11(13)5-7-1-2-8(6-11)14-7/h3-4,7-8,14H,1-2,5-6H2. The maximum absolute atomic E-state index is 14.9. The zero-order valence-electron chi connectivity index (χ0n) is 8.30. The molecule has 2 aliphatic rings. The molecule has 2 saturated heterocycles. The average Bonchev–Trinajstić information content (AvgIpc) is 2.73. The van der Waals surface area contributed by atoms with E-state index in [9.17, 15) is 4.39 Å². The monoisotopic (exact) mass is 289 g/mol. The molecular formula is C11H13BrFNS. The zero-order chi connectivity index (χ0) is 10.5. The summed E-state index contributed by atoms with van der Waals surface area (Å²) in [6.07, 6.45) is 3.56. The molecule has 0 aliphatic carbocycles. The fraction of sp³-hybridized carbons (Fsp3) is 0.636. The van der Waals surface area contributed by atoms with E-state index >= 15 is 0 Å². The predicted molar refractivity (Wildman–Crippen MR) is 64.0 cm³/mol. The number of rotatable bonds is 1. The minimum atomic E-state index is -1.09. The van der Waals surface area contributed by atoms with Crippen molar-refractivity contribution in [3.8, 4) is 0 Å². The molecule has 1 N–H and O–H groups in total. The summed E-state index contributed by atoms with van der Waals surface area (Å²) >= 11 is 4.98. The summed E-state index contributed by atoms with van der Waals surface area (Å²) in [6, 6.07) is 2.73. The highest BCUT2D eigenvalue weighted by molar-refractivity contribution is 9.10. The number of hydrogen-bond acceptors (Lipinski definition) is 2. The molecule has 0 spiro atoms. The largest absolute Gasteiger partial charge is 0.311 e. The van der Waals surface area contributed by atoms with Crippen molar-refractivity contribution in [3.63, 3.8) is 0 Å². The molecule has 3 heterocycles. The van der Waals surface area contributed by atoms with Crippen LogP contribution in [-0.2, 0) is 5.67 Å². The van der Waals surface area contributed by atoms with E-state index in [2.05, 4.69) is 21.2 Å². The first-order chi connectivity index (χ1) is 7.17. The molecule has 0 radical (unpaired) electrons. The molecule has 82 valence electrons. The van der Waals surface area contributed by atoms with Crippen molar-refractivity contribution in [1.29, 1.82) is 0 Å². The summed E-state index contributed by atoms with van der Waals surface area (Å²) in [5.74, 6) is 0. The van der Waals surface area contributed by atoms with E-state index in [1.54, 1.807) is 0 Å². The topological polar surface area (TPSA) is 12.0 Å². The van der Waals surface area contributed by atoms with Gasteiger partial charge >= 0.3 is 0 Å². The van der Waals surface area contributed by atoms with E-state index < -0.39 is 5.67 Å². The first kappa shape index (κ1) is 10.2. The van der Waals surface area contributed by atoms with Gasteiger partial charge in [-0.1, -0.05) is 0 Å². The van der Waals surface area contributed by atoms with Gasteiger partial charge in [0.25, 0.3) is 0 Å². The molecule has 2 atom stereocenters. The van der Waals surface area contributed by atoms with E-state index in [0.717, 1.165) is 22.2 Å². The summed E-state index contributed by atoms with van der Waals surface area (Å²) in [5.41, 5.74) is -1.09. The van der Waals surface area contributed by atoms with Crippen LogP contribution in [0.15, 0.2) is 15.9 Å². The highest BCUT2D eigenvalue weighted by Gasteiger charge is 2.46. The van der Waals surface area contributed by atoms with Crippen LogP contribution < -0.4 is 5.32 Å². The Hall–Kier alpha value is 0.0700. The SMILES string of the molecule is FC1(c2sccc2Br)CC2CCC(C1)N2. The first-order valence-corrected chi connectivity index (χ1v) is 7.03. The highest BCUT2D eigenvalue weighted by atomic mass is 79.9. The van der Waals surface area contributed by atoms with Gasteiger partial charge < -0.3 is 5.32 Å². The number of fused-ring (bicyclic) bond motifs is 2. The number of piperidine rings is 1. The Morgan fingerprint density at radius 1 is 1.40 bits per heavy atom. The molecule has 15 heavy (non-hydrogen) atoms. The average molecular weight is 290 g/mol. The second kappa shape index (κ2) is 3.54. The van der Waals surface area contributed by atoms with Crippen molar-refractivity contribution in [1.82, 2.24) is 5.32 Å². The second-order valence-electron chi connectivity index (χ2n) is 4.61. The van der Waals surface area contributed by atoms with Gasteiger partial charge in [-0.2, -0.15) is 0 Å². The molecule has 2 aliphatic heterocycles. The van der Waals surface area contributed by atoms with Crippen LogP contribution in [0.5, 0.6) is 0 Å². The maximum atomic E-state index is 14.9. The van der Waals surface area contributed by atoms with Gasteiger partial charge in [-0.25, -0.2) is 4.39 Å². The third-order valence-corrected chi connectivity index (χ3v) is 5.52. The molecule has 4 heteroatoms. The van der Waals surface area contributed by atoms with Crippen LogP contribution in [0.4, 0.5) is 4.39 Å². The Bertz CT molecular complexity index is 366. The van der Waals surface area contributed by atoms with Crippen LogP contribution in [0.1, 0.15) is 30.6 Å². The molecule has 3 rings (SSSR count). The molecular weight excluding hydrogens is 277 g/mol. The number of alkyl halides is 1. The molecule has 1 aromatic rings. The molecule has 0 aromatic carbocycles. The number of halogens is 2. The minimum Gasteiger partial charge on any atom is -0.311 e. The van der Waals surface area contributed by atoms with Crippen LogP contribution in [0.3, 0.4) is 0 Å². The van der Waals surface area contributed by atoms with Gasteiger partial charge in [0.1, 0.15) is 5.67 Å². The molecule has 2 unspecified atom stereocenters. The second-order valence-corrected chi connectivity index (χ2v) is 6.38. The van der Waals surface area contributed by atoms with Crippen molar-refractivity contribution in [2.24, 2.45) is 0 Å². The predicted octanol–water partition coefficient (Wildman–Crippen LogP) is 3.59. The lowest BCUT2D eigenvalue weighted by atomic mass is 9.88. The Labute approximate surface area is 101 Å². The summed E-state index contributed by atoms with van der Waals surface area (Å²) in [6.45, 7) is 0. The van der Waals surface area contributed by atoms with Crippen LogP contribution in [0.25, 0.3) is 0 Å². The van der Waals surface area contributed by atoms with E-state index in [4.69, 9.17) is 0 Å². The molecule has 2 fully saturated rings. The van der Waals surface area contributed by atoms with Gasteiger partial charge in [0.05, 0.1) is 4.88 Å². The van der Waals surface area contributed by atoms with Gasteiger partial charge in [-0.3, -0.25) is 0 Å². The molecule has 1 nitrogen and oxygen atoms in total. The van der Waals surface area contributed by atoms with Gasteiger partial charge in [0.15, 0.2) is 0 Å². The van der Waals surface area contributed by atoms with E-state index in [-0.39, 0.29) is 0 Å². The fourth-order valence-electron chi connectivity index (χ4n) is 2.89. The van der Waals surface area contributed by atoms with Crippen LogP contribution in [0.2, 0.25) is 0 Å². The summed E-state index contributed by atoms with van der Waals surface area (Å²) < 4.78 is 15.8. The highest BCUT2D eigenvalue weighted by Crippen LogP contribution is 2.47. The first-order valence-electron chi connectivity index (χ1n) is 5.36. The van der Waals surface area contributed by atoms with Crippen molar-refractivity contribution in [3.05, 3.63) is 20.8 Å². The van der Waals surface area contributed by atoms with Crippen molar-refractivity contribution < 1.29 is 4.39 Å². The van der Waals surface area contributed by atoms with Crippen LogP contribution in [0, 0.1) is 0 Å². The fourth-order valence-corrected chi connectivity index (χ4v) is 4.73. The van der Waals surface area contributed by atoms with E-state index in [0.29, 0.717) is 24.9 Å². The Kier molecular flexibility index (Phi) is 2.41. The lowest BCUT2D eigenvalue weighted by Gasteiger charge is -2.34. The number of hydrogen-bond donors (Lipinski definition) is 1. The lowest BCUT2D eigenvalue weighted by Crippen LogP contribution is -2.44. The van der Waals surface area contributed by atoms with Gasteiger partial charge in [-0.15, -0.1) is 11.3 Å². The van der Waals surface area contributed by atoms with Crippen molar-refractivity contribution in [2.75, 3.05) is 0 Å². The van der Waals surface area contributed by atoms with Crippen molar-refractivity contribution >= 4 is 27.3 Å². The summed E-state index contributed by atoms with van der Waals surface area (Å²) in [5, 5.41) is 5.44. The lowest BCUT2D eigenvalue weighted by molar-refractivity contribution is 0.0906. The number of nitrogens with one attached hydrogen (secondary N) is 1. The summed E-state index contributed by atoms with van der Waals surface area (Å²) in [4.78, 5) is 0.890. The van der Waals surface area contributed by atoms with E-state index in [1.165, 1.54) is 11.3 Å². The van der Waals surface area contributed by atoms with Crippen molar-refractivity contribution in [2.45, 2.75) is 43.4 Å². The van der Waals surface area contributed by atoms with Crippen LogP contribution in [-0.4, -0.2) is 12.1 Å². The minimum absolute atomic E-state index is 0.391. The van der Waals surface area contributed by atoms with E-state index in [1.807, 2.05) is 11.4 Å². The van der Waals surface area contributed by atoms with Crippen LogP contribution >= 0.6 is 27.3 Å². The smallest absolute Gasteiger partial charge is 0.149 e. The van der Waals surface area contributed by atoms with Gasteiger partial charge in [-0.05, 0) is 40.2 Å². The van der Waals surface area contributed by atoms with Gasteiger partial charge in [0, 0.05) is 29.4 Å². The Balaban J connectivity index is 1.94. The Morgan fingerprint density at radius 3 is 2.60 bits per heavy atom. The molecule has 2 bridgehead atoms. The Morgan fingerprint density at radius 2 is 2.07 bits per heavy atom. The normalized spacial score (nSPS) is 39.6. The molecule has 1 aromatic heterocycles. The third-order valence-electron chi connectivity index (χ3n) is 3.50.